The van der Waals surface area contributed by atoms with E-state index < -0.39 is 0 Å². The van der Waals surface area contributed by atoms with Crippen molar-refractivity contribution in [3.05, 3.63) is 33.3 Å². The summed E-state index contributed by atoms with van der Waals surface area (Å²) in [6.45, 7) is 9.96. The van der Waals surface area contributed by atoms with Crippen molar-refractivity contribution < 1.29 is 4.79 Å². The maximum Gasteiger partial charge on any atom is 0.255 e. The molecule has 106 valence electrons. The van der Waals surface area contributed by atoms with E-state index in [1.165, 1.54) is 0 Å². The fraction of sp³-hybridized carbons (Fsp3) is 0.533. The molecule has 0 saturated heterocycles. The van der Waals surface area contributed by atoms with Crippen LogP contribution in [0.5, 0.6) is 0 Å². The molecule has 0 fully saturated rings. The van der Waals surface area contributed by atoms with Crippen LogP contribution in [0.15, 0.2) is 22.7 Å². The van der Waals surface area contributed by atoms with Gasteiger partial charge in [0.25, 0.3) is 5.91 Å². The monoisotopic (exact) mass is 345 g/mol. The minimum absolute atomic E-state index is 0.00806. The zero-order valence-electron chi connectivity index (χ0n) is 11.9. The molecule has 19 heavy (non-hydrogen) atoms. The molecule has 0 unspecified atom stereocenters. The number of benzene rings is 1. The normalized spacial score (nSPS) is 11.2. The Morgan fingerprint density at radius 2 is 1.74 bits per heavy atom. The fourth-order valence-corrected chi connectivity index (χ4v) is 2.53. The number of rotatable bonds is 5. The van der Waals surface area contributed by atoms with E-state index in [1.807, 2.05) is 17.0 Å². The molecule has 0 saturated carbocycles. The summed E-state index contributed by atoms with van der Waals surface area (Å²) >= 11 is 9.57. The predicted molar refractivity (Wildman–Crippen MR) is 84.7 cm³/mol. The molecular formula is C15H21BrClNO. The Bertz CT molecular complexity index is 436. The van der Waals surface area contributed by atoms with E-state index in [4.69, 9.17) is 11.6 Å². The van der Waals surface area contributed by atoms with Crippen molar-refractivity contribution in [3.8, 4) is 0 Å². The van der Waals surface area contributed by atoms with Crippen molar-refractivity contribution in [1.29, 1.82) is 0 Å². The van der Waals surface area contributed by atoms with Crippen LogP contribution in [0, 0.1) is 11.8 Å². The van der Waals surface area contributed by atoms with Crippen LogP contribution in [0.3, 0.4) is 0 Å². The summed E-state index contributed by atoms with van der Waals surface area (Å²) in [5, 5.41) is 0.491. The predicted octanol–water partition coefficient (Wildman–Crippen LogP) is 4.86. The highest BCUT2D eigenvalue weighted by Crippen LogP contribution is 2.27. The molecule has 0 heterocycles. The van der Waals surface area contributed by atoms with Crippen molar-refractivity contribution in [3.63, 3.8) is 0 Å². The Kier molecular flexibility index (Phi) is 6.34. The molecule has 0 aliphatic heterocycles. The first-order valence-electron chi connectivity index (χ1n) is 6.56. The van der Waals surface area contributed by atoms with E-state index >= 15 is 0 Å². The van der Waals surface area contributed by atoms with Gasteiger partial charge in [-0.3, -0.25) is 4.79 Å². The van der Waals surface area contributed by atoms with E-state index in [0.717, 1.165) is 17.6 Å². The Balaban J connectivity index is 3.01. The number of carbonyl (C=O) groups excluding carboxylic acids is 1. The molecule has 0 aromatic heterocycles. The molecule has 0 radical (unpaired) electrons. The lowest BCUT2D eigenvalue weighted by Gasteiger charge is -2.27. The van der Waals surface area contributed by atoms with Crippen LogP contribution in [-0.4, -0.2) is 23.9 Å². The lowest BCUT2D eigenvalue weighted by molar-refractivity contribution is 0.0715. The Labute approximate surface area is 129 Å². The van der Waals surface area contributed by atoms with Crippen molar-refractivity contribution >= 4 is 33.4 Å². The molecule has 1 aromatic carbocycles. The molecule has 0 atom stereocenters. The first-order valence-corrected chi connectivity index (χ1v) is 7.73. The Hall–Kier alpha value is -0.540. The van der Waals surface area contributed by atoms with Gasteiger partial charge in [-0.15, -0.1) is 0 Å². The average Bonchev–Trinajstić information content (AvgIpc) is 2.30. The quantitative estimate of drug-likeness (QED) is 0.746. The van der Waals surface area contributed by atoms with Gasteiger partial charge in [-0.1, -0.05) is 45.4 Å². The summed E-state index contributed by atoms with van der Waals surface area (Å²) in [7, 11) is 0. The third kappa shape index (κ3) is 4.81. The fourth-order valence-electron chi connectivity index (χ4n) is 1.96. The smallest absolute Gasteiger partial charge is 0.255 e. The van der Waals surface area contributed by atoms with Crippen molar-refractivity contribution in [1.82, 2.24) is 4.90 Å². The van der Waals surface area contributed by atoms with Crippen LogP contribution in [0.1, 0.15) is 38.1 Å². The van der Waals surface area contributed by atoms with Crippen LogP contribution < -0.4 is 0 Å². The molecule has 0 aliphatic rings. The van der Waals surface area contributed by atoms with Gasteiger partial charge in [0.2, 0.25) is 0 Å². The highest BCUT2D eigenvalue weighted by Gasteiger charge is 2.20. The molecule has 2 nitrogen and oxygen atoms in total. The van der Waals surface area contributed by atoms with Crippen LogP contribution >= 0.6 is 27.5 Å². The lowest BCUT2D eigenvalue weighted by Crippen LogP contribution is -2.37. The van der Waals surface area contributed by atoms with Crippen LogP contribution in [-0.2, 0) is 0 Å². The van der Waals surface area contributed by atoms with E-state index in [0.29, 0.717) is 22.4 Å². The first-order chi connectivity index (χ1) is 8.82. The SMILES string of the molecule is CC(C)CN(CC(C)C)C(=O)c1cccc(Br)c1Cl. The van der Waals surface area contributed by atoms with Crippen molar-refractivity contribution in [2.45, 2.75) is 27.7 Å². The standard InChI is InChI=1S/C15H21BrClNO/c1-10(2)8-18(9-11(3)4)15(19)12-6-5-7-13(16)14(12)17/h5-7,10-11H,8-9H2,1-4H3. The first kappa shape index (κ1) is 16.5. The van der Waals surface area contributed by atoms with Gasteiger partial charge in [-0.25, -0.2) is 0 Å². The van der Waals surface area contributed by atoms with Gasteiger partial charge in [0, 0.05) is 17.6 Å². The number of hydrogen-bond acceptors (Lipinski definition) is 1. The highest BCUT2D eigenvalue weighted by molar-refractivity contribution is 9.10. The van der Waals surface area contributed by atoms with Gasteiger partial charge in [0.05, 0.1) is 10.6 Å². The summed E-state index contributed by atoms with van der Waals surface area (Å²) in [6, 6.07) is 5.46. The second-order valence-corrected chi connectivity index (χ2v) is 6.83. The molecular weight excluding hydrogens is 326 g/mol. The largest absolute Gasteiger partial charge is 0.338 e. The third-order valence-corrected chi connectivity index (χ3v) is 3.94. The molecule has 1 amide bonds. The summed E-state index contributed by atoms with van der Waals surface area (Å²) in [6.07, 6.45) is 0. The van der Waals surface area contributed by atoms with E-state index in [1.54, 1.807) is 6.07 Å². The van der Waals surface area contributed by atoms with Gasteiger partial charge in [-0.05, 0) is 39.9 Å². The second-order valence-electron chi connectivity index (χ2n) is 5.60. The van der Waals surface area contributed by atoms with Crippen molar-refractivity contribution in [2.75, 3.05) is 13.1 Å². The number of nitrogens with zero attached hydrogens (tertiary/aromatic N) is 1. The van der Waals surface area contributed by atoms with Crippen molar-refractivity contribution in [2.24, 2.45) is 11.8 Å². The molecule has 0 aliphatic carbocycles. The Morgan fingerprint density at radius 3 is 2.21 bits per heavy atom. The summed E-state index contributed by atoms with van der Waals surface area (Å²) in [4.78, 5) is 14.5. The van der Waals surface area contributed by atoms with Gasteiger partial charge in [-0.2, -0.15) is 0 Å². The summed E-state index contributed by atoms with van der Waals surface area (Å²) in [5.74, 6) is 0.885. The number of hydrogen-bond donors (Lipinski definition) is 0. The maximum atomic E-state index is 12.6. The van der Waals surface area contributed by atoms with E-state index in [9.17, 15) is 4.79 Å². The second kappa shape index (κ2) is 7.30. The molecule has 1 aromatic rings. The maximum absolute atomic E-state index is 12.6. The zero-order valence-corrected chi connectivity index (χ0v) is 14.3. The minimum atomic E-state index is 0.00806. The van der Waals surface area contributed by atoms with Gasteiger partial charge < -0.3 is 4.90 Å². The minimum Gasteiger partial charge on any atom is -0.338 e. The number of halogens is 2. The number of amides is 1. The molecule has 0 spiro atoms. The summed E-state index contributed by atoms with van der Waals surface area (Å²) < 4.78 is 0.758. The van der Waals surface area contributed by atoms with Crippen LogP contribution in [0.25, 0.3) is 0 Å². The lowest BCUT2D eigenvalue weighted by atomic mass is 10.1. The van der Waals surface area contributed by atoms with E-state index in [-0.39, 0.29) is 5.91 Å². The molecule has 4 heteroatoms. The summed E-state index contributed by atoms with van der Waals surface area (Å²) in [5.41, 5.74) is 0.567. The Morgan fingerprint density at radius 1 is 1.21 bits per heavy atom. The van der Waals surface area contributed by atoms with Gasteiger partial charge in [0.15, 0.2) is 0 Å². The zero-order chi connectivity index (χ0) is 14.6. The average molecular weight is 347 g/mol. The van der Waals surface area contributed by atoms with Gasteiger partial charge in [0.1, 0.15) is 0 Å². The van der Waals surface area contributed by atoms with Crippen LogP contribution in [0.2, 0.25) is 5.02 Å². The number of carbonyl (C=O) groups is 1. The topological polar surface area (TPSA) is 20.3 Å². The highest BCUT2D eigenvalue weighted by atomic mass is 79.9. The molecule has 0 N–H and O–H groups in total. The van der Waals surface area contributed by atoms with E-state index in [2.05, 4.69) is 43.6 Å². The molecule has 0 bridgehead atoms. The van der Waals surface area contributed by atoms with Gasteiger partial charge >= 0.3 is 0 Å². The molecule has 1 rings (SSSR count). The third-order valence-electron chi connectivity index (χ3n) is 2.64. The van der Waals surface area contributed by atoms with Crippen LogP contribution in [0.4, 0.5) is 0 Å².